The Morgan fingerprint density at radius 1 is 1.21 bits per heavy atom. The minimum atomic E-state index is -0.942. The molecule has 0 saturated carbocycles. The number of ether oxygens (including phenoxy) is 1. The van der Waals surface area contributed by atoms with Crippen LogP contribution in [0.2, 0.25) is 0 Å². The lowest BCUT2D eigenvalue weighted by Crippen LogP contribution is -2.73. The Morgan fingerprint density at radius 2 is 1.83 bits per heavy atom. The molecule has 132 valence electrons. The summed E-state index contributed by atoms with van der Waals surface area (Å²) in [5, 5.41) is 10.1. The minimum Gasteiger partial charge on any atom is -0.444 e. The molecule has 24 heavy (non-hydrogen) atoms. The number of likely N-dealkylation sites (tertiary alicyclic amines) is 1. The van der Waals surface area contributed by atoms with Crippen LogP contribution in [-0.2, 0) is 10.3 Å². The number of carbonyl (C=O) groups is 1. The molecule has 0 unspecified atom stereocenters. The van der Waals surface area contributed by atoms with Gasteiger partial charge in [-0.05, 0) is 46.8 Å². The van der Waals surface area contributed by atoms with Crippen LogP contribution in [-0.4, -0.2) is 52.9 Å². The lowest BCUT2D eigenvalue weighted by Gasteiger charge is -2.60. The first-order valence-corrected chi connectivity index (χ1v) is 8.39. The third-order valence-electron chi connectivity index (χ3n) is 4.49. The maximum Gasteiger partial charge on any atom is 0.410 e. The van der Waals surface area contributed by atoms with Crippen molar-refractivity contribution in [1.82, 2.24) is 9.88 Å². The van der Waals surface area contributed by atoms with Crippen LogP contribution in [0.25, 0.3) is 0 Å². The molecule has 2 fully saturated rings. The first kappa shape index (κ1) is 17.0. The van der Waals surface area contributed by atoms with E-state index in [1.54, 1.807) is 24.9 Å². The highest BCUT2D eigenvalue weighted by atomic mass is 16.6. The molecule has 2 aliphatic heterocycles. The van der Waals surface area contributed by atoms with Crippen LogP contribution in [0.5, 0.6) is 0 Å². The summed E-state index contributed by atoms with van der Waals surface area (Å²) in [5.41, 5.74) is 0.543. The summed E-state index contributed by atoms with van der Waals surface area (Å²) in [7, 11) is 0. The molecule has 2 aliphatic rings. The van der Waals surface area contributed by atoms with E-state index in [4.69, 9.17) is 4.74 Å². The largest absolute Gasteiger partial charge is 0.444 e. The third kappa shape index (κ3) is 3.34. The van der Waals surface area contributed by atoms with Crippen molar-refractivity contribution in [1.29, 1.82) is 0 Å². The van der Waals surface area contributed by atoms with Crippen molar-refractivity contribution in [2.75, 3.05) is 31.1 Å². The molecule has 1 aromatic rings. The molecule has 0 bridgehead atoms. The Morgan fingerprint density at radius 3 is 2.38 bits per heavy atom. The number of pyridine rings is 1. The average molecular weight is 333 g/mol. The maximum atomic E-state index is 12.0. The fourth-order valence-corrected chi connectivity index (χ4v) is 3.32. The maximum absolute atomic E-state index is 12.0. The Labute approximate surface area is 143 Å². The van der Waals surface area contributed by atoms with Gasteiger partial charge in [0.1, 0.15) is 11.2 Å². The van der Waals surface area contributed by atoms with E-state index in [2.05, 4.69) is 9.88 Å². The van der Waals surface area contributed by atoms with E-state index in [0.717, 1.165) is 31.9 Å². The van der Waals surface area contributed by atoms with Crippen LogP contribution >= 0.6 is 0 Å². The fraction of sp³-hybridized carbons (Fsp3) is 0.667. The molecule has 0 atom stereocenters. The van der Waals surface area contributed by atoms with Crippen molar-refractivity contribution in [2.24, 2.45) is 5.41 Å². The Bertz CT molecular complexity index is 632. The number of amides is 1. The Hall–Kier alpha value is -1.82. The highest BCUT2D eigenvalue weighted by Gasteiger charge is 2.54. The number of hydrogen-bond acceptors (Lipinski definition) is 5. The van der Waals surface area contributed by atoms with Gasteiger partial charge in [0, 0.05) is 43.5 Å². The summed E-state index contributed by atoms with van der Waals surface area (Å²) in [6.07, 6.45) is 1.52. The number of anilines is 1. The van der Waals surface area contributed by atoms with Gasteiger partial charge in [-0.3, -0.25) is 4.98 Å². The average Bonchev–Trinajstić information content (AvgIpc) is 2.32. The SMILES string of the molecule is CC(C)(C)OC(=O)N1CC2(C1)CN(c1ccnc(C(C)(C)O)c1)C2. The zero-order chi connectivity index (χ0) is 17.8. The van der Waals surface area contributed by atoms with Crippen molar-refractivity contribution in [3.05, 3.63) is 24.0 Å². The predicted octanol–water partition coefficient (Wildman–Crippen LogP) is 2.37. The molecule has 0 aliphatic carbocycles. The van der Waals surface area contributed by atoms with Gasteiger partial charge in [-0.25, -0.2) is 4.79 Å². The van der Waals surface area contributed by atoms with Crippen molar-refractivity contribution >= 4 is 11.8 Å². The van der Waals surface area contributed by atoms with Gasteiger partial charge in [0.2, 0.25) is 0 Å². The Kier molecular flexibility index (Phi) is 3.79. The lowest BCUT2D eigenvalue weighted by molar-refractivity contribution is -0.0453. The second-order valence-electron chi connectivity index (χ2n) is 8.65. The molecular formula is C18H27N3O3. The van der Waals surface area contributed by atoms with E-state index in [-0.39, 0.29) is 11.5 Å². The van der Waals surface area contributed by atoms with Crippen molar-refractivity contribution < 1.29 is 14.6 Å². The van der Waals surface area contributed by atoms with Gasteiger partial charge in [-0.2, -0.15) is 0 Å². The van der Waals surface area contributed by atoms with Gasteiger partial charge in [0.15, 0.2) is 0 Å². The van der Waals surface area contributed by atoms with Gasteiger partial charge < -0.3 is 19.6 Å². The molecule has 1 amide bonds. The van der Waals surface area contributed by atoms with Crippen LogP contribution < -0.4 is 4.90 Å². The summed E-state index contributed by atoms with van der Waals surface area (Å²) in [6, 6.07) is 3.91. The van der Waals surface area contributed by atoms with Gasteiger partial charge in [0.05, 0.1) is 5.69 Å². The van der Waals surface area contributed by atoms with Gasteiger partial charge in [0.25, 0.3) is 0 Å². The number of hydrogen-bond donors (Lipinski definition) is 1. The van der Waals surface area contributed by atoms with Crippen LogP contribution in [0.15, 0.2) is 18.3 Å². The summed E-state index contributed by atoms with van der Waals surface area (Å²) in [5.74, 6) is 0. The highest BCUT2D eigenvalue weighted by Crippen LogP contribution is 2.42. The van der Waals surface area contributed by atoms with E-state index in [9.17, 15) is 9.90 Å². The molecule has 2 saturated heterocycles. The monoisotopic (exact) mass is 333 g/mol. The number of nitrogens with zero attached hydrogens (tertiary/aromatic N) is 3. The molecule has 1 spiro atoms. The van der Waals surface area contributed by atoms with Crippen LogP contribution in [0.4, 0.5) is 10.5 Å². The number of carbonyl (C=O) groups excluding carboxylic acids is 1. The highest BCUT2D eigenvalue weighted by molar-refractivity contribution is 5.70. The first-order valence-electron chi connectivity index (χ1n) is 8.39. The van der Waals surface area contributed by atoms with Gasteiger partial charge in [-0.15, -0.1) is 0 Å². The fourth-order valence-electron chi connectivity index (χ4n) is 3.32. The first-order chi connectivity index (χ1) is 11.0. The summed E-state index contributed by atoms with van der Waals surface area (Å²) in [4.78, 5) is 20.3. The second-order valence-corrected chi connectivity index (χ2v) is 8.65. The predicted molar refractivity (Wildman–Crippen MR) is 91.9 cm³/mol. The van der Waals surface area contributed by atoms with Crippen LogP contribution in [0.1, 0.15) is 40.3 Å². The van der Waals surface area contributed by atoms with Crippen molar-refractivity contribution in [3.8, 4) is 0 Å². The van der Waals surface area contributed by atoms with E-state index in [0.29, 0.717) is 5.69 Å². The quantitative estimate of drug-likeness (QED) is 0.900. The van der Waals surface area contributed by atoms with E-state index < -0.39 is 11.2 Å². The summed E-state index contributed by atoms with van der Waals surface area (Å²) < 4.78 is 5.41. The molecule has 1 aromatic heterocycles. The number of rotatable bonds is 2. The third-order valence-corrected chi connectivity index (χ3v) is 4.49. The van der Waals surface area contributed by atoms with Crippen LogP contribution in [0, 0.1) is 5.41 Å². The second kappa shape index (κ2) is 5.34. The molecule has 0 aromatic carbocycles. The molecule has 0 radical (unpaired) electrons. The van der Waals surface area contributed by atoms with E-state index in [1.807, 2.05) is 32.9 Å². The number of aromatic nitrogens is 1. The lowest BCUT2D eigenvalue weighted by atomic mass is 9.73. The molecular weight excluding hydrogens is 306 g/mol. The normalized spacial score (nSPS) is 19.8. The molecule has 1 N–H and O–H groups in total. The molecule has 6 heteroatoms. The molecule has 3 heterocycles. The summed E-state index contributed by atoms with van der Waals surface area (Å²) in [6.45, 7) is 12.5. The van der Waals surface area contributed by atoms with E-state index in [1.165, 1.54) is 0 Å². The Balaban J connectivity index is 1.55. The van der Waals surface area contributed by atoms with E-state index >= 15 is 0 Å². The topological polar surface area (TPSA) is 65.9 Å². The zero-order valence-electron chi connectivity index (χ0n) is 15.2. The minimum absolute atomic E-state index is 0.190. The smallest absolute Gasteiger partial charge is 0.410 e. The summed E-state index contributed by atoms with van der Waals surface area (Å²) >= 11 is 0. The zero-order valence-corrected chi connectivity index (χ0v) is 15.2. The number of aliphatic hydroxyl groups is 1. The molecule has 3 rings (SSSR count). The standard InChI is InChI=1S/C18H27N3O3/c1-16(2,3)24-15(22)21-11-18(12-21)9-20(10-18)13-6-7-19-14(8-13)17(4,5)23/h6-8,23H,9-12H2,1-5H3. The molecule has 6 nitrogen and oxygen atoms in total. The van der Waals surface area contributed by atoms with Crippen molar-refractivity contribution in [2.45, 2.75) is 45.8 Å². The van der Waals surface area contributed by atoms with Crippen LogP contribution in [0.3, 0.4) is 0 Å². The van der Waals surface area contributed by atoms with Crippen molar-refractivity contribution in [3.63, 3.8) is 0 Å². The van der Waals surface area contributed by atoms with Gasteiger partial charge >= 0.3 is 6.09 Å². The van der Waals surface area contributed by atoms with Gasteiger partial charge in [-0.1, -0.05) is 0 Å².